The van der Waals surface area contributed by atoms with Crippen LogP contribution in [0.5, 0.6) is 6.01 Å². The van der Waals surface area contributed by atoms with E-state index >= 15 is 0 Å². The number of carbonyl (C=O) groups is 2. The summed E-state index contributed by atoms with van der Waals surface area (Å²) < 4.78 is 27.4. The molecule has 0 saturated carbocycles. The van der Waals surface area contributed by atoms with Gasteiger partial charge in [-0.25, -0.2) is 14.2 Å². The van der Waals surface area contributed by atoms with E-state index < -0.39 is 22.9 Å². The summed E-state index contributed by atoms with van der Waals surface area (Å²) in [5, 5.41) is 7.86. The average Bonchev–Trinajstić information content (AvgIpc) is 3.25. The first-order valence-electron chi connectivity index (χ1n) is 14.0. The van der Waals surface area contributed by atoms with E-state index in [0.29, 0.717) is 41.7 Å². The molecule has 3 heterocycles. The molecule has 42 heavy (non-hydrogen) atoms. The molecular weight excluding hydrogens is 541 g/mol. The highest BCUT2D eigenvalue weighted by molar-refractivity contribution is 6.09. The van der Waals surface area contributed by atoms with E-state index in [1.807, 2.05) is 40.7 Å². The zero-order valence-electron chi connectivity index (χ0n) is 25.4. The second kappa shape index (κ2) is 10.6. The second-order valence-corrected chi connectivity index (χ2v) is 12.5. The van der Waals surface area contributed by atoms with Crippen LogP contribution in [0.3, 0.4) is 0 Å². The van der Waals surface area contributed by atoms with Gasteiger partial charge >= 0.3 is 12.1 Å². The van der Waals surface area contributed by atoms with Crippen LogP contribution in [-0.4, -0.2) is 80.1 Å². The predicted octanol–water partition coefficient (Wildman–Crippen LogP) is 4.26. The van der Waals surface area contributed by atoms with Crippen molar-refractivity contribution in [2.24, 2.45) is 7.05 Å². The van der Waals surface area contributed by atoms with Gasteiger partial charge < -0.3 is 19.7 Å². The summed E-state index contributed by atoms with van der Waals surface area (Å²) in [6.45, 7) is 12.4. The maximum absolute atomic E-state index is 14.9. The van der Waals surface area contributed by atoms with Crippen molar-refractivity contribution in [3.05, 3.63) is 47.4 Å². The van der Waals surface area contributed by atoms with Crippen LogP contribution in [0, 0.1) is 0 Å². The number of hydrogen-bond donors (Lipinski definition) is 1. The van der Waals surface area contributed by atoms with Crippen LogP contribution in [-0.2, 0) is 18.2 Å². The maximum Gasteiger partial charge on any atom is 0.410 e. The Kier molecular flexibility index (Phi) is 7.36. The minimum atomic E-state index is -0.970. The molecule has 0 spiro atoms. The number of hydrogen-bond acceptors (Lipinski definition) is 8. The molecule has 1 saturated heterocycles. The lowest BCUT2D eigenvalue weighted by atomic mass is 9.87. The number of halogens is 1. The molecule has 0 bridgehead atoms. The van der Waals surface area contributed by atoms with Crippen molar-refractivity contribution in [1.82, 2.24) is 30.0 Å². The molecular formula is C30H38FN7O4. The zero-order chi connectivity index (χ0) is 30.6. The Labute approximate surface area is 244 Å². The lowest BCUT2D eigenvalue weighted by molar-refractivity contribution is 0.00566. The lowest BCUT2D eigenvalue weighted by Gasteiger charge is -2.45. The van der Waals surface area contributed by atoms with Gasteiger partial charge in [-0.1, -0.05) is 0 Å². The quantitative estimate of drug-likeness (QED) is 0.488. The van der Waals surface area contributed by atoms with Gasteiger partial charge in [0.15, 0.2) is 0 Å². The maximum atomic E-state index is 14.9. The van der Waals surface area contributed by atoms with E-state index in [9.17, 15) is 14.0 Å². The smallest absolute Gasteiger partial charge is 0.410 e. The Hall–Kier alpha value is -4.22. The van der Waals surface area contributed by atoms with Crippen LogP contribution in [0.4, 0.5) is 14.9 Å². The van der Waals surface area contributed by atoms with E-state index in [1.165, 1.54) is 13.2 Å². The number of nitrogens with one attached hydrogen (secondary N) is 1. The highest BCUT2D eigenvalue weighted by Gasteiger charge is 2.37. The number of nitrogens with zero attached hydrogens (tertiary/aromatic N) is 6. The topological polar surface area (TPSA) is 115 Å². The summed E-state index contributed by atoms with van der Waals surface area (Å²) in [6, 6.07) is 3.45. The predicted molar refractivity (Wildman–Crippen MR) is 157 cm³/mol. The summed E-state index contributed by atoms with van der Waals surface area (Å²) in [7, 11) is 3.20. The van der Waals surface area contributed by atoms with Crippen LogP contribution in [0.2, 0.25) is 0 Å². The molecule has 1 aromatic carbocycles. The van der Waals surface area contributed by atoms with Crippen molar-refractivity contribution in [2.75, 3.05) is 25.1 Å². The lowest BCUT2D eigenvalue weighted by Crippen LogP contribution is -2.59. The van der Waals surface area contributed by atoms with Gasteiger partial charge in [-0.15, -0.1) is 0 Å². The minimum absolute atomic E-state index is 0.125. The number of amides is 2. The number of anilines is 1. The Morgan fingerprint density at radius 2 is 1.86 bits per heavy atom. The normalized spacial score (nSPS) is 22.5. The molecule has 11 nitrogen and oxygen atoms in total. The largest absolute Gasteiger partial charge is 0.467 e. The number of ether oxygens (including phenoxy) is 2. The van der Waals surface area contributed by atoms with Crippen LogP contribution in [0.15, 0.2) is 30.6 Å². The fraction of sp³-hybridized carbons (Fsp3) is 0.500. The van der Waals surface area contributed by atoms with Gasteiger partial charge in [0.2, 0.25) is 0 Å². The van der Waals surface area contributed by atoms with Gasteiger partial charge in [-0.3, -0.25) is 14.4 Å². The molecule has 1 aliphatic heterocycles. The molecule has 3 atom stereocenters. The van der Waals surface area contributed by atoms with Crippen molar-refractivity contribution in [3.8, 4) is 6.01 Å². The Bertz CT molecular complexity index is 1570. The van der Waals surface area contributed by atoms with Crippen LogP contribution in [0.25, 0.3) is 16.7 Å². The van der Waals surface area contributed by atoms with Gasteiger partial charge in [0.05, 0.1) is 35.8 Å². The number of methoxy groups -OCH3 is 1. The molecule has 2 aliphatic rings. The van der Waals surface area contributed by atoms with Crippen molar-refractivity contribution >= 4 is 34.4 Å². The van der Waals surface area contributed by atoms with Crippen molar-refractivity contribution in [1.29, 1.82) is 0 Å². The summed E-state index contributed by atoms with van der Waals surface area (Å²) in [5.41, 5.74) is 1.02. The fourth-order valence-electron chi connectivity index (χ4n) is 5.91. The monoisotopic (exact) mass is 579 g/mol. The first kappa shape index (κ1) is 29.3. The molecule has 5 rings (SSSR count). The van der Waals surface area contributed by atoms with Gasteiger partial charge in [0.25, 0.3) is 5.91 Å². The zero-order valence-corrected chi connectivity index (χ0v) is 25.4. The number of carbonyl (C=O) groups excluding carboxylic acids is 2. The average molecular weight is 580 g/mol. The number of benzene rings is 1. The molecule has 224 valence electrons. The van der Waals surface area contributed by atoms with E-state index in [4.69, 9.17) is 9.47 Å². The summed E-state index contributed by atoms with van der Waals surface area (Å²) >= 11 is 0. The van der Waals surface area contributed by atoms with Crippen molar-refractivity contribution < 1.29 is 23.5 Å². The van der Waals surface area contributed by atoms with Crippen molar-refractivity contribution in [3.63, 3.8) is 0 Å². The van der Waals surface area contributed by atoms with Crippen LogP contribution < -0.4 is 15.0 Å². The summed E-state index contributed by atoms with van der Waals surface area (Å²) in [6.07, 6.45) is 4.86. The molecule has 0 radical (unpaired) electrons. The summed E-state index contributed by atoms with van der Waals surface area (Å²) in [5.74, 6) is -0.875. The molecule has 1 N–H and O–H groups in total. The van der Waals surface area contributed by atoms with Gasteiger partial charge in [0, 0.05) is 55.6 Å². The van der Waals surface area contributed by atoms with Gasteiger partial charge in [-0.2, -0.15) is 10.1 Å². The first-order valence-corrected chi connectivity index (χ1v) is 14.0. The third-order valence-electron chi connectivity index (χ3n) is 7.53. The molecule has 2 aromatic heterocycles. The number of aryl methyl sites for hydroxylation is 1. The first-order chi connectivity index (χ1) is 19.7. The Balaban J connectivity index is 1.45. The summed E-state index contributed by atoms with van der Waals surface area (Å²) in [4.78, 5) is 39.5. The van der Waals surface area contributed by atoms with Crippen LogP contribution in [0.1, 0.15) is 63.2 Å². The number of aromatic nitrogens is 4. The molecule has 1 fully saturated rings. The Morgan fingerprint density at radius 3 is 2.50 bits per heavy atom. The van der Waals surface area contributed by atoms with E-state index in [0.717, 1.165) is 11.3 Å². The Morgan fingerprint density at radius 1 is 1.17 bits per heavy atom. The fourth-order valence-corrected chi connectivity index (χ4v) is 5.91. The number of piperazine rings is 1. The molecule has 3 aromatic rings. The molecule has 2 amide bonds. The van der Waals surface area contributed by atoms with E-state index in [1.54, 1.807) is 42.0 Å². The van der Waals surface area contributed by atoms with Crippen molar-refractivity contribution in [2.45, 2.75) is 71.2 Å². The van der Waals surface area contributed by atoms with Crippen LogP contribution >= 0.6 is 0 Å². The molecule has 1 unspecified atom stereocenters. The number of rotatable bonds is 4. The van der Waals surface area contributed by atoms with Gasteiger partial charge in [-0.05, 0) is 59.8 Å². The number of fused-ring (bicyclic) bond motifs is 2. The van der Waals surface area contributed by atoms with E-state index in [-0.39, 0.29) is 24.2 Å². The molecule has 12 heteroatoms. The second-order valence-electron chi connectivity index (χ2n) is 12.5. The molecule has 1 aliphatic carbocycles. The highest BCUT2D eigenvalue weighted by Crippen LogP contribution is 2.34. The van der Waals surface area contributed by atoms with E-state index in [2.05, 4.69) is 25.3 Å². The third kappa shape index (κ3) is 5.62. The minimum Gasteiger partial charge on any atom is -0.467 e. The SMILES string of the molecule is COc1ncc2c(N3C[C@@H](C)N(C(=O)OC(C)(C)C)[C@@H](C)C3)ccc(C(=O)NC3(C)C=C(F)c4nn(C)cc4C3)c2n1. The standard InChI is InChI=1S/C30H38FN7O4/c1-17-14-37(15-18(2)38(17)28(40)42-29(3,4)5)23-10-9-20(25-21(23)13-32-27(33-25)41-8)26(39)34-30(6)11-19-16-36(7)35-24(19)22(31)12-30/h9-10,12-13,16-18H,11,14-15H2,1-8H3,(H,34,39)/t17-,18+,30?. The van der Waals surface area contributed by atoms with Gasteiger partial charge in [0.1, 0.15) is 17.1 Å². The highest BCUT2D eigenvalue weighted by atomic mass is 19.1. The third-order valence-corrected chi connectivity index (χ3v) is 7.53.